The number of halogens is 3. The third kappa shape index (κ3) is 2.87. The normalized spacial score (nSPS) is 12.8. The Labute approximate surface area is 124 Å². The van der Waals surface area contributed by atoms with Crippen molar-refractivity contribution in [2.75, 3.05) is 0 Å². The van der Waals surface area contributed by atoms with Gasteiger partial charge in [0.2, 0.25) is 0 Å². The number of rotatable bonds is 2. The Bertz CT molecular complexity index is 548. The van der Waals surface area contributed by atoms with Gasteiger partial charge in [-0.15, -0.1) is 22.9 Å². The van der Waals surface area contributed by atoms with Crippen molar-refractivity contribution < 1.29 is 0 Å². The van der Waals surface area contributed by atoms with E-state index in [4.69, 9.17) is 23.2 Å². The molecule has 0 saturated heterocycles. The largest absolute Gasteiger partial charge is 0.143 e. The molecule has 1 aromatic heterocycles. The predicted octanol–water partition coefficient (Wildman–Crippen LogP) is 6.11. The number of thiophene rings is 1. The molecule has 0 spiro atoms. The number of hydrogen-bond donors (Lipinski definition) is 0. The van der Waals surface area contributed by atoms with Crippen LogP contribution >= 0.6 is 50.5 Å². The van der Waals surface area contributed by atoms with Crippen molar-refractivity contribution in [2.24, 2.45) is 0 Å². The zero-order valence-corrected chi connectivity index (χ0v) is 13.3. The molecule has 4 heteroatoms. The molecule has 1 atom stereocenters. The molecule has 0 bridgehead atoms. The van der Waals surface area contributed by atoms with Gasteiger partial charge in [0.1, 0.15) is 0 Å². The number of aryl methyl sites for hydroxylation is 2. The van der Waals surface area contributed by atoms with Gasteiger partial charge in [-0.1, -0.05) is 23.7 Å². The minimum atomic E-state index is -0.198. The topological polar surface area (TPSA) is 0 Å². The predicted molar refractivity (Wildman–Crippen MR) is 80.6 cm³/mol. The van der Waals surface area contributed by atoms with E-state index in [0.29, 0.717) is 0 Å². The van der Waals surface area contributed by atoms with Gasteiger partial charge in [0, 0.05) is 19.2 Å². The van der Waals surface area contributed by atoms with Gasteiger partial charge in [-0.05, 0) is 53.0 Å². The summed E-state index contributed by atoms with van der Waals surface area (Å²) in [6.45, 7) is 4.09. The van der Waals surface area contributed by atoms with E-state index in [1.54, 1.807) is 11.3 Å². The summed E-state index contributed by atoms with van der Waals surface area (Å²) in [6.07, 6.45) is 0. The zero-order chi connectivity index (χ0) is 12.6. The van der Waals surface area contributed by atoms with Crippen LogP contribution in [0.4, 0.5) is 0 Å². The van der Waals surface area contributed by atoms with E-state index in [0.717, 1.165) is 25.5 Å². The van der Waals surface area contributed by atoms with Gasteiger partial charge in [-0.3, -0.25) is 0 Å². The molecule has 0 amide bonds. The third-order valence-corrected chi connectivity index (χ3v) is 5.44. The molecule has 0 saturated carbocycles. The average molecular weight is 350 g/mol. The van der Waals surface area contributed by atoms with Crippen LogP contribution in [0.25, 0.3) is 0 Å². The molecular weight excluding hydrogens is 339 g/mol. The Morgan fingerprint density at radius 3 is 2.47 bits per heavy atom. The lowest BCUT2D eigenvalue weighted by Gasteiger charge is -2.11. The van der Waals surface area contributed by atoms with Gasteiger partial charge >= 0.3 is 0 Å². The van der Waals surface area contributed by atoms with E-state index in [2.05, 4.69) is 28.9 Å². The molecule has 1 heterocycles. The van der Waals surface area contributed by atoms with E-state index in [9.17, 15) is 0 Å². The minimum absolute atomic E-state index is 0.198. The first-order valence-corrected chi connectivity index (χ1v) is 7.57. The van der Waals surface area contributed by atoms with Gasteiger partial charge < -0.3 is 0 Å². The molecule has 0 nitrogen and oxygen atoms in total. The van der Waals surface area contributed by atoms with Crippen LogP contribution in [0, 0.1) is 13.8 Å². The minimum Gasteiger partial charge on any atom is -0.143 e. The highest BCUT2D eigenvalue weighted by molar-refractivity contribution is 9.10. The smallest absolute Gasteiger partial charge is 0.0953 e. The van der Waals surface area contributed by atoms with E-state index in [1.807, 2.05) is 25.1 Å². The van der Waals surface area contributed by atoms with Gasteiger partial charge in [-0.25, -0.2) is 0 Å². The molecule has 1 aromatic carbocycles. The van der Waals surface area contributed by atoms with E-state index in [-0.39, 0.29) is 5.38 Å². The summed E-state index contributed by atoms with van der Waals surface area (Å²) < 4.78 is 1.05. The SMILES string of the molecule is Cc1ccc(C(Cl)c2sc(C)cc2Br)c(Cl)c1. The van der Waals surface area contributed by atoms with E-state index >= 15 is 0 Å². The molecule has 2 aromatic rings. The summed E-state index contributed by atoms with van der Waals surface area (Å²) in [5.74, 6) is 0. The molecule has 17 heavy (non-hydrogen) atoms. The fourth-order valence-electron chi connectivity index (χ4n) is 1.65. The van der Waals surface area contributed by atoms with Gasteiger partial charge in [0.25, 0.3) is 0 Å². The van der Waals surface area contributed by atoms with Gasteiger partial charge in [0.05, 0.1) is 5.38 Å². The van der Waals surface area contributed by atoms with Crippen LogP contribution in [0.2, 0.25) is 5.02 Å². The monoisotopic (exact) mass is 348 g/mol. The number of benzene rings is 1. The van der Waals surface area contributed by atoms with E-state index in [1.165, 1.54) is 4.88 Å². The van der Waals surface area contributed by atoms with E-state index < -0.39 is 0 Å². The fourth-order valence-corrected chi connectivity index (χ4v) is 4.50. The molecule has 0 aliphatic rings. The highest BCUT2D eigenvalue weighted by Crippen LogP contribution is 2.41. The lowest BCUT2D eigenvalue weighted by Crippen LogP contribution is -1.92. The quantitative estimate of drug-likeness (QED) is 0.574. The van der Waals surface area contributed by atoms with Crippen LogP contribution in [0.1, 0.15) is 26.3 Å². The second-order valence-corrected chi connectivity index (χ2v) is 6.94. The maximum Gasteiger partial charge on any atom is 0.0953 e. The summed E-state index contributed by atoms with van der Waals surface area (Å²) in [7, 11) is 0. The molecular formula is C13H11BrCl2S. The Balaban J connectivity index is 2.43. The molecule has 0 radical (unpaired) electrons. The number of alkyl halides is 1. The second-order valence-electron chi connectivity index (χ2n) is 3.96. The van der Waals surface area contributed by atoms with Gasteiger partial charge in [-0.2, -0.15) is 0 Å². The van der Waals surface area contributed by atoms with Crippen molar-refractivity contribution in [3.8, 4) is 0 Å². The summed E-state index contributed by atoms with van der Waals surface area (Å²) >= 11 is 18.0. The Kier molecular flexibility index (Phi) is 4.19. The number of hydrogen-bond acceptors (Lipinski definition) is 1. The maximum atomic E-state index is 6.50. The summed E-state index contributed by atoms with van der Waals surface area (Å²) in [5, 5.41) is 0.527. The molecule has 2 rings (SSSR count). The summed E-state index contributed by atoms with van der Waals surface area (Å²) in [6, 6.07) is 8.06. The van der Waals surface area contributed by atoms with Gasteiger partial charge in [0.15, 0.2) is 0 Å². The first-order valence-electron chi connectivity index (χ1n) is 5.15. The van der Waals surface area contributed by atoms with Crippen molar-refractivity contribution in [3.05, 3.63) is 54.6 Å². The third-order valence-electron chi connectivity index (χ3n) is 2.50. The first-order chi connectivity index (χ1) is 7.99. The van der Waals surface area contributed by atoms with Crippen LogP contribution in [-0.4, -0.2) is 0 Å². The van der Waals surface area contributed by atoms with Crippen LogP contribution in [0.15, 0.2) is 28.7 Å². The molecule has 0 aliphatic heterocycles. The Morgan fingerprint density at radius 2 is 1.94 bits per heavy atom. The molecule has 0 fully saturated rings. The maximum absolute atomic E-state index is 6.50. The summed E-state index contributed by atoms with van der Waals surface area (Å²) in [5.41, 5.74) is 2.10. The molecule has 0 N–H and O–H groups in total. The molecule has 1 unspecified atom stereocenters. The Hall–Kier alpha value is -0.0200. The van der Waals surface area contributed by atoms with Crippen LogP contribution < -0.4 is 0 Å². The van der Waals surface area contributed by atoms with Crippen molar-refractivity contribution in [1.82, 2.24) is 0 Å². The van der Waals surface area contributed by atoms with Crippen LogP contribution in [0.5, 0.6) is 0 Å². The summed E-state index contributed by atoms with van der Waals surface area (Å²) in [4.78, 5) is 2.34. The van der Waals surface area contributed by atoms with Crippen molar-refractivity contribution in [1.29, 1.82) is 0 Å². The van der Waals surface area contributed by atoms with Crippen molar-refractivity contribution >= 4 is 50.5 Å². The highest BCUT2D eigenvalue weighted by atomic mass is 79.9. The van der Waals surface area contributed by atoms with Crippen molar-refractivity contribution in [2.45, 2.75) is 19.2 Å². The Morgan fingerprint density at radius 1 is 1.24 bits per heavy atom. The van der Waals surface area contributed by atoms with Crippen molar-refractivity contribution in [3.63, 3.8) is 0 Å². The fraction of sp³-hybridized carbons (Fsp3) is 0.231. The highest BCUT2D eigenvalue weighted by Gasteiger charge is 2.19. The zero-order valence-electron chi connectivity index (χ0n) is 9.43. The van der Waals surface area contributed by atoms with Crippen LogP contribution in [0.3, 0.4) is 0 Å². The molecule has 0 aliphatic carbocycles. The van der Waals surface area contributed by atoms with Crippen LogP contribution in [-0.2, 0) is 0 Å². The standard InChI is InChI=1S/C13H11BrCl2S/c1-7-3-4-9(11(15)5-7)12(16)13-10(14)6-8(2)17-13/h3-6,12H,1-2H3. The average Bonchev–Trinajstić information content (AvgIpc) is 2.57. The second kappa shape index (κ2) is 5.31. The first kappa shape index (κ1) is 13.4. The lowest BCUT2D eigenvalue weighted by molar-refractivity contribution is 1.17. The molecule has 90 valence electrons. The lowest BCUT2D eigenvalue weighted by atomic mass is 10.1.